The van der Waals surface area contributed by atoms with E-state index in [1.54, 1.807) is 4.90 Å². The molecular weight excluding hydrogens is 276 g/mol. The zero-order chi connectivity index (χ0) is 14.2. The molecule has 0 aromatic heterocycles. The highest BCUT2D eigenvalue weighted by Crippen LogP contribution is 2.28. The van der Waals surface area contributed by atoms with Gasteiger partial charge in [-0.1, -0.05) is 0 Å². The van der Waals surface area contributed by atoms with Crippen LogP contribution in [0.2, 0.25) is 0 Å². The van der Waals surface area contributed by atoms with E-state index in [9.17, 15) is 17.2 Å². The second kappa shape index (κ2) is 4.93. The van der Waals surface area contributed by atoms with Gasteiger partial charge in [0.25, 0.3) is 0 Å². The number of piperazine rings is 1. The van der Waals surface area contributed by atoms with Crippen molar-refractivity contribution in [1.82, 2.24) is 4.31 Å². The summed E-state index contributed by atoms with van der Waals surface area (Å²) in [6.07, 6.45) is 1.14. The van der Waals surface area contributed by atoms with Gasteiger partial charge in [0.1, 0.15) is 5.82 Å². The third kappa shape index (κ3) is 2.95. The van der Waals surface area contributed by atoms with Crippen LogP contribution in [-0.2, 0) is 10.0 Å². The zero-order valence-electron chi connectivity index (χ0n) is 10.4. The Morgan fingerprint density at radius 1 is 1.16 bits per heavy atom. The molecule has 0 aliphatic carbocycles. The minimum absolute atomic E-state index is 0.116. The smallest absolute Gasteiger partial charge is 0.211 e. The Morgan fingerprint density at radius 3 is 2.26 bits per heavy atom. The zero-order valence-corrected chi connectivity index (χ0v) is 11.3. The maximum atomic E-state index is 13.4. The van der Waals surface area contributed by atoms with Crippen LogP contribution >= 0.6 is 0 Å². The molecule has 0 amide bonds. The summed E-state index contributed by atoms with van der Waals surface area (Å²) in [5, 5.41) is 0. The number of anilines is 2. The molecule has 0 atom stereocenters. The van der Waals surface area contributed by atoms with Gasteiger partial charge in [0.15, 0.2) is 5.82 Å². The number of nitrogens with zero attached hydrogens (tertiary/aromatic N) is 2. The Morgan fingerprint density at radius 2 is 1.74 bits per heavy atom. The van der Waals surface area contributed by atoms with Crippen LogP contribution < -0.4 is 10.6 Å². The van der Waals surface area contributed by atoms with E-state index in [1.165, 1.54) is 4.31 Å². The van der Waals surface area contributed by atoms with Crippen LogP contribution in [0.3, 0.4) is 0 Å². The SMILES string of the molecule is CS(=O)(=O)N1CCN(c2cc(F)cc(F)c2N)CC1. The fourth-order valence-electron chi connectivity index (χ4n) is 2.09. The van der Waals surface area contributed by atoms with E-state index in [4.69, 9.17) is 5.73 Å². The minimum Gasteiger partial charge on any atom is -0.395 e. The molecule has 1 aromatic carbocycles. The molecular formula is C11H15F2N3O2S. The number of sulfonamides is 1. The molecule has 1 heterocycles. The van der Waals surface area contributed by atoms with E-state index >= 15 is 0 Å². The van der Waals surface area contributed by atoms with Crippen molar-refractivity contribution >= 4 is 21.4 Å². The van der Waals surface area contributed by atoms with Gasteiger partial charge in [0.2, 0.25) is 10.0 Å². The Labute approximate surface area is 110 Å². The lowest BCUT2D eigenvalue weighted by Crippen LogP contribution is -2.48. The molecule has 2 N–H and O–H groups in total. The van der Waals surface area contributed by atoms with Crippen LogP contribution in [0.15, 0.2) is 12.1 Å². The Kier molecular flexibility index (Phi) is 3.64. The predicted octanol–water partition coefficient (Wildman–Crippen LogP) is 0.629. The lowest BCUT2D eigenvalue weighted by Gasteiger charge is -2.35. The van der Waals surface area contributed by atoms with Crippen molar-refractivity contribution in [3.8, 4) is 0 Å². The van der Waals surface area contributed by atoms with E-state index in [0.29, 0.717) is 13.1 Å². The molecule has 1 aromatic rings. The lowest BCUT2D eigenvalue weighted by molar-refractivity contribution is 0.388. The second-order valence-corrected chi connectivity index (χ2v) is 6.45. The molecule has 1 saturated heterocycles. The normalized spacial score (nSPS) is 17.7. The van der Waals surface area contributed by atoms with Crippen LogP contribution in [0.1, 0.15) is 0 Å². The van der Waals surface area contributed by atoms with Gasteiger partial charge in [-0.2, -0.15) is 4.31 Å². The molecule has 0 bridgehead atoms. The number of hydrogen-bond acceptors (Lipinski definition) is 4. The summed E-state index contributed by atoms with van der Waals surface area (Å²) in [6, 6.07) is 1.89. The first-order chi connectivity index (χ1) is 8.79. The molecule has 2 rings (SSSR count). The van der Waals surface area contributed by atoms with Gasteiger partial charge in [0, 0.05) is 32.2 Å². The number of nitrogen functional groups attached to an aromatic ring is 1. The molecule has 1 aliphatic heterocycles. The van der Waals surface area contributed by atoms with Crippen molar-refractivity contribution in [3.05, 3.63) is 23.8 Å². The molecule has 8 heteroatoms. The average Bonchev–Trinajstić information content (AvgIpc) is 2.33. The maximum Gasteiger partial charge on any atom is 0.211 e. The summed E-state index contributed by atoms with van der Waals surface area (Å²) in [6.45, 7) is 1.24. The minimum atomic E-state index is -3.23. The van der Waals surface area contributed by atoms with Crippen molar-refractivity contribution in [2.24, 2.45) is 0 Å². The van der Waals surface area contributed by atoms with Crippen LogP contribution in [0, 0.1) is 11.6 Å². The van der Waals surface area contributed by atoms with E-state index in [-0.39, 0.29) is 24.5 Å². The quantitative estimate of drug-likeness (QED) is 0.812. The summed E-state index contributed by atoms with van der Waals surface area (Å²) in [5.74, 6) is -1.51. The molecule has 5 nitrogen and oxygen atoms in total. The van der Waals surface area contributed by atoms with Crippen molar-refractivity contribution in [3.63, 3.8) is 0 Å². The van der Waals surface area contributed by atoms with Crippen molar-refractivity contribution in [2.45, 2.75) is 0 Å². The molecule has 0 radical (unpaired) electrons. The topological polar surface area (TPSA) is 66.6 Å². The summed E-state index contributed by atoms with van der Waals surface area (Å²) >= 11 is 0. The molecule has 19 heavy (non-hydrogen) atoms. The van der Waals surface area contributed by atoms with Gasteiger partial charge in [-0.3, -0.25) is 0 Å². The fraction of sp³-hybridized carbons (Fsp3) is 0.455. The fourth-order valence-corrected chi connectivity index (χ4v) is 2.92. The molecule has 1 aliphatic rings. The largest absolute Gasteiger partial charge is 0.395 e. The van der Waals surface area contributed by atoms with Gasteiger partial charge < -0.3 is 10.6 Å². The van der Waals surface area contributed by atoms with Crippen molar-refractivity contribution in [2.75, 3.05) is 43.1 Å². The summed E-state index contributed by atoms with van der Waals surface area (Å²) in [5.41, 5.74) is 5.74. The number of benzene rings is 1. The van der Waals surface area contributed by atoms with Gasteiger partial charge in [-0.15, -0.1) is 0 Å². The highest BCUT2D eigenvalue weighted by molar-refractivity contribution is 7.88. The van der Waals surface area contributed by atoms with Gasteiger partial charge in [-0.25, -0.2) is 17.2 Å². The van der Waals surface area contributed by atoms with Crippen molar-refractivity contribution in [1.29, 1.82) is 0 Å². The van der Waals surface area contributed by atoms with Gasteiger partial charge >= 0.3 is 0 Å². The molecule has 106 valence electrons. The number of hydrogen-bond donors (Lipinski definition) is 1. The van der Waals surface area contributed by atoms with E-state index in [1.807, 2.05) is 0 Å². The first-order valence-electron chi connectivity index (χ1n) is 5.73. The van der Waals surface area contributed by atoms with Crippen LogP contribution in [-0.4, -0.2) is 45.2 Å². The Hall–Kier alpha value is -1.41. The third-order valence-electron chi connectivity index (χ3n) is 3.12. The van der Waals surface area contributed by atoms with Crippen LogP contribution in [0.5, 0.6) is 0 Å². The van der Waals surface area contributed by atoms with Crippen molar-refractivity contribution < 1.29 is 17.2 Å². The third-order valence-corrected chi connectivity index (χ3v) is 4.42. The molecule has 0 spiro atoms. The van der Waals surface area contributed by atoms with Gasteiger partial charge in [-0.05, 0) is 6.07 Å². The maximum absolute atomic E-state index is 13.4. The van der Waals surface area contributed by atoms with E-state index in [0.717, 1.165) is 18.4 Å². The second-order valence-electron chi connectivity index (χ2n) is 4.47. The van der Waals surface area contributed by atoms with Crippen LogP contribution in [0.25, 0.3) is 0 Å². The number of halogens is 2. The Balaban J connectivity index is 2.19. The molecule has 1 fully saturated rings. The number of nitrogens with two attached hydrogens (primary N) is 1. The summed E-state index contributed by atoms with van der Waals surface area (Å²) < 4.78 is 50.6. The first-order valence-corrected chi connectivity index (χ1v) is 7.58. The van der Waals surface area contributed by atoms with Crippen LogP contribution in [0.4, 0.5) is 20.2 Å². The average molecular weight is 291 g/mol. The highest BCUT2D eigenvalue weighted by atomic mass is 32.2. The lowest BCUT2D eigenvalue weighted by atomic mass is 10.2. The van der Waals surface area contributed by atoms with Gasteiger partial charge in [0.05, 0.1) is 17.6 Å². The molecule has 0 saturated carbocycles. The highest BCUT2D eigenvalue weighted by Gasteiger charge is 2.25. The summed E-state index contributed by atoms with van der Waals surface area (Å²) in [7, 11) is -3.23. The van der Waals surface area contributed by atoms with E-state index < -0.39 is 21.7 Å². The predicted molar refractivity (Wildman–Crippen MR) is 69.4 cm³/mol. The first kappa shape index (κ1) is 14.0. The monoisotopic (exact) mass is 291 g/mol. The Bertz CT molecular complexity index is 584. The summed E-state index contributed by atoms with van der Waals surface area (Å²) in [4.78, 5) is 1.68. The van der Waals surface area contributed by atoms with E-state index in [2.05, 4.69) is 0 Å². The standard InChI is InChI=1S/C11H15F2N3O2S/c1-19(17,18)16-4-2-15(3-5-16)10-7-8(12)6-9(13)11(10)14/h6-7H,2-5,14H2,1H3. The number of rotatable bonds is 2. The molecule has 0 unspecified atom stereocenters.